The van der Waals surface area contributed by atoms with E-state index in [1.165, 1.54) is 0 Å². The van der Waals surface area contributed by atoms with Gasteiger partial charge in [-0.2, -0.15) is 0 Å². The standard InChI is InChI=1S/C25H49NO11/c1-5-6-23(27)36-22-21-35-20-19-34-18-17-33-16-15-32-14-13-31-12-11-30-10-9-29-8-7-26-24(28)37-25(2,3)4/h5-22H2,1-4H3,(H,26,28). The molecule has 12 heteroatoms. The lowest BCUT2D eigenvalue weighted by atomic mass is 10.2. The highest BCUT2D eigenvalue weighted by atomic mass is 16.6. The molecule has 0 aromatic heterocycles. The molecule has 0 aliphatic heterocycles. The van der Waals surface area contributed by atoms with Crippen molar-refractivity contribution in [3.05, 3.63) is 0 Å². The van der Waals surface area contributed by atoms with Crippen molar-refractivity contribution in [2.24, 2.45) is 0 Å². The van der Waals surface area contributed by atoms with Gasteiger partial charge in [-0.3, -0.25) is 4.79 Å². The molecule has 0 saturated carbocycles. The number of amides is 1. The third kappa shape index (κ3) is 30.6. The normalized spacial score (nSPS) is 11.5. The first-order valence-corrected chi connectivity index (χ1v) is 13.0. The third-order valence-corrected chi connectivity index (χ3v) is 4.09. The maximum Gasteiger partial charge on any atom is 0.407 e. The van der Waals surface area contributed by atoms with Gasteiger partial charge in [0.15, 0.2) is 0 Å². The van der Waals surface area contributed by atoms with E-state index in [1.807, 2.05) is 27.7 Å². The van der Waals surface area contributed by atoms with Crippen molar-refractivity contribution in [1.29, 1.82) is 0 Å². The topological polar surface area (TPSA) is 129 Å². The highest BCUT2D eigenvalue weighted by Gasteiger charge is 2.15. The first-order valence-electron chi connectivity index (χ1n) is 13.0. The zero-order chi connectivity index (χ0) is 27.5. The van der Waals surface area contributed by atoms with Gasteiger partial charge in [-0.05, 0) is 27.2 Å². The molecule has 220 valence electrons. The Morgan fingerprint density at radius 2 is 0.919 bits per heavy atom. The van der Waals surface area contributed by atoms with Crippen molar-refractivity contribution in [1.82, 2.24) is 5.32 Å². The summed E-state index contributed by atoms with van der Waals surface area (Å²) in [5, 5.41) is 2.62. The minimum Gasteiger partial charge on any atom is -0.463 e. The van der Waals surface area contributed by atoms with Crippen LogP contribution >= 0.6 is 0 Å². The van der Waals surface area contributed by atoms with E-state index in [0.717, 1.165) is 6.42 Å². The Bertz CT molecular complexity index is 529. The van der Waals surface area contributed by atoms with Crippen molar-refractivity contribution in [2.45, 2.75) is 46.1 Å². The van der Waals surface area contributed by atoms with Gasteiger partial charge in [0.25, 0.3) is 0 Å². The maximum absolute atomic E-state index is 11.4. The van der Waals surface area contributed by atoms with E-state index >= 15 is 0 Å². The van der Waals surface area contributed by atoms with Gasteiger partial charge in [-0.1, -0.05) is 6.92 Å². The highest BCUT2D eigenvalue weighted by Crippen LogP contribution is 2.06. The molecule has 0 aromatic carbocycles. The first kappa shape index (κ1) is 35.5. The summed E-state index contributed by atoms with van der Waals surface area (Å²) in [6.45, 7) is 14.4. The second-order valence-electron chi connectivity index (χ2n) is 8.69. The van der Waals surface area contributed by atoms with E-state index in [4.69, 9.17) is 42.6 Å². The molecular weight excluding hydrogens is 490 g/mol. The van der Waals surface area contributed by atoms with Gasteiger partial charge in [-0.15, -0.1) is 0 Å². The molecule has 0 bridgehead atoms. The van der Waals surface area contributed by atoms with Crippen molar-refractivity contribution < 1.29 is 52.2 Å². The molecule has 0 fully saturated rings. The largest absolute Gasteiger partial charge is 0.463 e. The molecule has 1 N–H and O–H groups in total. The Hall–Kier alpha value is -1.54. The molecule has 37 heavy (non-hydrogen) atoms. The summed E-state index contributed by atoms with van der Waals surface area (Å²) >= 11 is 0. The Labute approximate surface area is 221 Å². The summed E-state index contributed by atoms with van der Waals surface area (Å²) in [4.78, 5) is 22.6. The van der Waals surface area contributed by atoms with Crippen molar-refractivity contribution in [3.8, 4) is 0 Å². The van der Waals surface area contributed by atoms with Gasteiger partial charge in [0.05, 0.1) is 92.5 Å². The van der Waals surface area contributed by atoms with Crippen LogP contribution in [-0.4, -0.2) is 123 Å². The van der Waals surface area contributed by atoms with Crippen LogP contribution in [0.2, 0.25) is 0 Å². The van der Waals surface area contributed by atoms with E-state index in [2.05, 4.69) is 5.32 Å². The summed E-state index contributed by atoms with van der Waals surface area (Å²) in [5.74, 6) is -0.191. The lowest BCUT2D eigenvalue weighted by molar-refractivity contribution is -0.145. The molecule has 0 rings (SSSR count). The summed E-state index contributed by atoms with van der Waals surface area (Å²) in [5.41, 5.74) is -0.509. The number of hydrogen-bond acceptors (Lipinski definition) is 11. The second-order valence-corrected chi connectivity index (χ2v) is 8.69. The molecule has 0 radical (unpaired) electrons. The molecule has 0 spiro atoms. The monoisotopic (exact) mass is 539 g/mol. The van der Waals surface area contributed by atoms with Crippen LogP contribution in [0.4, 0.5) is 4.79 Å². The Morgan fingerprint density at radius 3 is 1.27 bits per heavy atom. The van der Waals surface area contributed by atoms with Gasteiger partial charge >= 0.3 is 12.1 Å². The van der Waals surface area contributed by atoms with Crippen molar-refractivity contribution in [2.75, 3.05) is 106 Å². The fourth-order valence-corrected chi connectivity index (χ4v) is 2.45. The molecule has 0 aliphatic rings. The van der Waals surface area contributed by atoms with Crippen molar-refractivity contribution in [3.63, 3.8) is 0 Å². The number of hydrogen-bond donors (Lipinski definition) is 1. The maximum atomic E-state index is 11.4. The predicted molar refractivity (Wildman–Crippen MR) is 136 cm³/mol. The van der Waals surface area contributed by atoms with Gasteiger partial charge in [-0.25, -0.2) is 4.79 Å². The molecule has 0 unspecified atom stereocenters. The summed E-state index contributed by atoms with van der Waals surface area (Å²) in [7, 11) is 0. The number of carbonyl (C=O) groups excluding carboxylic acids is 2. The number of esters is 1. The van der Waals surface area contributed by atoms with E-state index in [9.17, 15) is 9.59 Å². The third-order valence-electron chi connectivity index (χ3n) is 4.09. The van der Waals surface area contributed by atoms with Crippen LogP contribution in [0.25, 0.3) is 0 Å². The highest BCUT2D eigenvalue weighted by molar-refractivity contribution is 5.69. The molecule has 0 aromatic rings. The zero-order valence-electron chi connectivity index (χ0n) is 23.2. The quantitative estimate of drug-likeness (QED) is 0.128. The van der Waals surface area contributed by atoms with Gasteiger partial charge in [0.2, 0.25) is 0 Å². The fraction of sp³-hybridized carbons (Fsp3) is 0.920. The Balaban J connectivity index is 3.13. The van der Waals surface area contributed by atoms with E-state index in [0.29, 0.717) is 105 Å². The van der Waals surface area contributed by atoms with Gasteiger partial charge < -0.3 is 47.9 Å². The van der Waals surface area contributed by atoms with Gasteiger partial charge in [0, 0.05) is 13.0 Å². The van der Waals surface area contributed by atoms with Crippen LogP contribution in [0.15, 0.2) is 0 Å². The minimum atomic E-state index is -0.509. The summed E-state index contributed by atoms with van der Waals surface area (Å²) in [6.07, 6.45) is 0.770. The number of carbonyl (C=O) groups is 2. The van der Waals surface area contributed by atoms with Crippen LogP contribution in [0.3, 0.4) is 0 Å². The fourth-order valence-electron chi connectivity index (χ4n) is 2.45. The predicted octanol–water partition coefficient (Wildman–Crippen LogP) is 1.97. The van der Waals surface area contributed by atoms with Crippen LogP contribution < -0.4 is 5.32 Å². The first-order chi connectivity index (χ1) is 17.8. The van der Waals surface area contributed by atoms with Crippen molar-refractivity contribution >= 4 is 12.1 Å². The second kappa shape index (κ2) is 26.1. The van der Waals surface area contributed by atoms with Crippen LogP contribution in [0, 0.1) is 0 Å². The molecule has 0 atom stereocenters. The average molecular weight is 540 g/mol. The molecule has 0 saturated heterocycles. The number of alkyl carbamates (subject to hydrolysis) is 1. The molecule has 12 nitrogen and oxygen atoms in total. The summed E-state index contributed by atoms with van der Waals surface area (Å²) < 4.78 is 47.9. The average Bonchev–Trinajstić information content (AvgIpc) is 2.83. The van der Waals surface area contributed by atoms with E-state index in [-0.39, 0.29) is 12.6 Å². The zero-order valence-corrected chi connectivity index (χ0v) is 23.2. The molecular formula is C25H49NO11. The molecule has 0 aliphatic carbocycles. The lowest BCUT2D eigenvalue weighted by Crippen LogP contribution is -2.34. The molecule has 0 heterocycles. The minimum absolute atomic E-state index is 0.191. The van der Waals surface area contributed by atoms with Crippen LogP contribution in [-0.2, 0) is 47.4 Å². The number of ether oxygens (including phenoxy) is 9. The van der Waals surface area contributed by atoms with E-state index in [1.54, 1.807) is 0 Å². The number of nitrogens with one attached hydrogen (secondary N) is 1. The smallest absolute Gasteiger partial charge is 0.407 e. The van der Waals surface area contributed by atoms with Gasteiger partial charge in [0.1, 0.15) is 12.2 Å². The lowest BCUT2D eigenvalue weighted by Gasteiger charge is -2.19. The SMILES string of the molecule is CCCC(=O)OCCOCCOCCOCCOCCOCCOCCOCCNC(=O)OC(C)(C)C. The summed E-state index contributed by atoms with van der Waals surface area (Å²) in [6, 6.07) is 0. The number of rotatable bonds is 26. The van der Waals surface area contributed by atoms with E-state index < -0.39 is 11.7 Å². The Morgan fingerprint density at radius 1 is 0.568 bits per heavy atom. The Kier molecular flexibility index (Phi) is 25.0. The van der Waals surface area contributed by atoms with Crippen LogP contribution in [0.5, 0.6) is 0 Å². The van der Waals surface area contributed by atoms with Crippen LogP contribution in [0.1, 0.15) is 40.5 Å². The molecule has 1 amide bonds.